The average Bonchev–Trinajstić information content (AvgIpc) is 3.14. The number of fused-ring (bicyclic) bond motifs is 2. The molecule has 0 nitrogen and oxygen atoms in total. The molecule has 2 aromatic carbocycles. The van der Waals surface area contributed by atoms with Crippen LogP contribution in [-0.2, 0) is 21.4 Å². The van der Waals surface area contributed by atoms with Gasteiger partial charge in [-0.3, -0.25) is 0 Å². The molecule has 0 amide bonds. The van der Waals surface area contributed by atoms with Crippen molar-refractivity contribution in [1.82, 2.24) is 0 Å². The van der Waals surface area contributed by atoms with Crippen molar-refractivity contribution in [2.24, 2.45) is 0 Å². The van der Waals surface area contributed by atoms with E-state index in [2.05, 4.69) is 76.5 Å². The minimum absolute atomic E-state index is 0. The predicted octanol–water partition coefficient (Wildman–Crippen LogP) is -1.26. The average molecular weight is 505 g/mol. The molecule has 0 aliphatic heterocycles. The van der Waals surface area contributed by atoms with Crippen molar-refractivity contribution >= 4 is 12.2 Å². The van der Waals surface area contributed by atoms with Gasteiger partial charge in [-0.2, -0.15) is 0 Å². The van der Waals surface area contributed by atoms with Gasteiger partial charge >= 0.3 is 134 Å². The van der Waals surface area contributed by atoms with Crippen LogP contribution in [-0.4, -0.2) is 0 Å². The summed E-state index contributed by atoms with van der Waals surface area (Å²) in [6.45, 7) is 0. The first-order valence-corrected chi connectivity index (χ1v) is 13.2. The fraction of sp³-hybridized carbons (Fsp3) is 0.100. The van der Waals surface area contributed by atoms with Gasteiger partial charge in [0.25, 0.3) is 0 Å². The van der Waals surface area contributed by atoms with Gasteiger partial charge in [0.2, 0.25) is 0 Å². The van der Waals surface area contributed by atoms with Crippen molar-refractivity contribution in [3.8, 4) is 10.1 Å². The quantitative estimate of drug-likeness (QED) is 0.354. The first-order valence-electron chi connectivity index (χ1n) is 7.26. The molecule has 0 N–H and O–H groups in total. The molecule has 2 atom stereocenters. The zero-order chi connectivity index (χ0) is 14.2. The van der Waals surface area contributed by atoms with Crippen molar-refractivity contribution in [2.75, 3.05) is 0 Å². The van der Waals surface area contributed by atoms with E-state index in [4.69, 9.17) is 6.42 Å². The first-order chi connectivity index (χ1) is 10.4. The molecule has 2 aliphatic carbocycles. The molecular weight excluding hydrogens is 490 g/mol. The fourth-order valence-corrected chi connectivity index (χ4v) is 12.6. The zero-order valence-corrected chi connectivity index (χ0v) is 17.5. The number of benzene rings is 2. The third-order valence-electron chi connectivity index (χ3n) is 4.44. The summed E-state index contributed by atoms with van der Waals surface area (Å²) in [7, 11) is 0. The van der Waals surface area contributed by atoms with Gasteiger partial charge in [-0.05, 0) is 0 Å². The number of terminal acetylenes is 1. The van der Waals surface area contributed by atoms with Crippen LogP contribution in [0.25, 0.3) is 12.2 Å². The van der Waals surface area contributed by atoms with Gasteiger partial charge in [-0.15, -0.1) is 0 Å². The summed E-state index contributed by atoms with van der Waals surface area (Å²) in [5.41, 5.74) is 5.62. The van der Waals surface area contributed by atoms with Crippen molar-refractivity contribution in [1.29, 1.82) is 0 Å². The Labute approximate surface area is 158 Å². The zero-order valence-electron chi connectivity index (χ0n) is 12.4. The predicted molar refractivity (Wildman–Crippen MR) is 85.3 cm³/mol. The minimum Gasteiger partial charge on any atom is -1.00 e. The second kappa shape index (κ2) is 7.67. The summed E-state index contributed by atoms with van der Waals surface area (Å²) in [5, 5.41) is 0. The van der Waals surface area contributed by atoms with E-state index in [1.165, 1.54) is 22.3 Å². The topological polar surface area (TPSA) is 0 Å². The maximum absolute atomic E-state index is 6.02. The van der Waals surface area contributed by atoms with E-state index in [1.807, 2.05) is 0 Å². The number of allylic oxidation sites excluding steroid dienone is 2. The Hall–Kier alpha value is -1.07. The minimum atomic E-state index is -2.30. The Bertz CT molecular complexity index is 740. The Balaban J connectivity index is 0.000000960. The number of halogens is 2. The van der Waals surface area contributed by atoms with Crippen LogP contribution in [0.3, 0.4) is 0 Å². The summed E-state index contributed by atoms with van der Waals surface area (Å²) in [6, 6.07) is 17.4. The van der Waals surface area contributed by atoms with Gasteiger partial charge in [0, 0.05) is 0 Å². The molecule has 113 valence electrons. The molecule has 0 bridgehead atoms. The van der Waals surface area contributed by atoms with Crippen LogP contribution in [0.2, 0.25) is 0 Å². The van der Waals surface area contributed by atoms with Crippen LogP contribution < -0.4 is 24.8 Å². The monoisotopic (exact) mass is 505 g/mol. The number of rotatable bonds is 2. The van der Waals surface area contributed by atoms with Gasteiger partial charge in [0.05, 0.1) is 0 Å². The number of hydrogen-bond donors (Lipinski definition) is 0. The molecule has 2 aromatic rings. The largest absolute Gasteiger partial charge is 1.00 e. The van der Waals surface area contributed by atoms with Gasteiger partial charge in [0.15, 0.2) is 0 Å². The molecule has 4 rings (SSSR count). The normalized spacial score (nSPS) is 19.1. The summed E-state index contributed by atoms with van der Waals surface area (Å²) in [5.74, 6) is 0. The van der Waals surface area contributed by atoms with Crippen LogP contribution in [0.4, 0.5) is 0 Å². The van der Waals surface area contributed by atoms with Crippen LogP contribution in [0.1, 0.15) is 29.6 Å². The molecule has 23 heavy (non-hydrogen) atoms. The van der Waals surface area contributed by atoms with Gasteiger partial charge in [0.1, 0.15) is 0 Å². The van der Waals surface area contributed by atoms with E-state index >= 15 is 0 Å². The van der Waals surface area contributed by atoms with Crippen LogP contribution in [0.5, 0.6) is 0 Å². The van der Waals surface area contributed by atoms with Crippen molar-refractivity contribution in [3.63, 3.8) is 0 Å². The van der Waals surface area contributed by atoms with E-state index in [0.717, 1.165) is 0 Å². The molecule has 0 spiro atoms. The summed E-state index contributed by atoms with van der Waals surface area (Å²) in [4.78, 5) is 0. The van der Waals surface area contributed by atoms with E-state index in [-0.39, 0.29) is 24.8 Å². The molecule has 0 aromatic heterocycles. The maximum Gasteiger partial charge on any atom is -1.00 e. The van der Waals surface area contributed by atoms with E-state index in [0.29, 0.717) is 7.35 Å². The molecule has 3 heteroatoms. The summed E-state index contributed by atoms with van der Waals surface area (Å²) >= 11 is -2.30. The van der Waals surface area contributed by atoms with Crippen LogP contribution >= 0.6 is 0 Å². The third kappa shape index (κ3) is 3.13. The molecule has 0 radical (unpaired) electrons. The van der Waals surface area contributed by atoms with Crippen molar-refractivity contribution in [2.45, 2.75) is 7.35 Å². The molecule has 2 unspecified atom stereocenters. The third-order valence-corrected chi connectivity index (χ3v) is 14.1. The second-order valence-corrected chi connectivity index (χ2v) is 14.3. The molecule has 0 saturated carbocycles. The van der Waals surface area contributed by atoms with E-state index < -0.39 is 21.4 Å². The SMILES string of the molecule is C#[C][Hf+2]([CH]1C=Cc2ccccc21)[CH]1C=Cc2ccccc21.[Cl-].[Cl-]. The van der Waals surface area contributed by atoms with E-state index in [9.17, 15) is 0 Å². The fourth-order valence-electron chi connectivity index (χ4n) is 3.41. The Kier molecular flexibility index (Phi) is 6.09. The van der Waals surface area contributed by atoms with Gasteiger partial charge < -0.3 is 24.8 Å². The molecule has 0 saturated heterocycles. The van der Waals surface area contributed by atoms with Gasteiger partial charge in [-0.1, -0.05) is 0 Å². The summed E-state index contributed by atoms with van der Waals surface area (Å²) in [6.07, 6.45) is 15.3. The molecule has 2 aliphatic rings. The standard InChI is InChI=1S/2C9H7.C2H.2ClH.Hf/c2*1-2-5-9-7-3-6-8(9)4-1;1-2;;;/h2*1-7H;1H;2*1H;/q;;;;;+2/p-2. The Morgan fingerprint density at radius 3 is 1.61 bits per heavy atom. The number of hydrogen-bond acceptors (Lipinski definition) is 0. The van der Waals surface area contributed by atoms with E-state index in [1.54, 1.807) is 0 Å². The Morgan fingerprint density at radius 2 is 1.17 bits per heavy atom. The van der Waals surface area contributed by atoms with Crippen molar-refractivity contribution in [3.05, 3.63) is 82.9 Å². The van der Waals surface area contributed by atoms with Crippen LogP contribution in [0, 0.1) is 10.1 Å². The Morgan fingerprint density at radius 1 is 0.739 bits per heavy atom. The second-order valence-electron chi connectivity index (χ2n) is 5.53. The van der Waals surface area contributed by atoms with Crippen molar-refractivity contribution < 1.29 is 46.3 Å². The van der Waals surface area contributed by atoms with Gasteiger partial charge in [-0.25, -0.2) is 0 Å². The smallest absolute Gasteiger partial charge is 1.00 e. The maximum atomic E-state index is 6.02. The molecular formula is C20H15Cl2Hf. The first kappa shape index (κ1) is 18.3. The summed E-state index contributed by atoms with van der Waals surface area (Å²) < 4.78 is 4.33. The van der Waals surface area contributed by atoms with Crippen LogP contribution in [0.15, 0.2) is 60.7 Å². The molecule has 0 fully saturated rings. The molecule has 0 heterocycles.